The van der Waals surface area contributed by atoms with Crippen LogP contribution in [0.1, 0.15) is 34.6 Å². The molecule has 1 aliphatic rings. The van der Waals surface area contributed by atoms with Crippen molar-refractivity contribution in [2.24, 2.45) is 5.41 Å². The second-order valence-electron chi connectivity index (χ2n) is 3.91. The molecule has 0 bridgehead atoms. The van der Waals surface area contributed by atoms with Gasteiger partial charge in [-0.15, -0.1) is 0 Å². The van der Waals surface area contributed by atoms with Gasteiger partial charge in [-0.05, 0) is 0 Å². The van der Waals surface area contributed by atoms with Crippen LogP contribution in [0.4, 0.5) is 0 Å². The van der Waals surface area contributed by atoms with E-state index in [4.69, 9.17) is 0 Å². The molecule has 0 nitrogen and oxygen atoms in total. The van der Waals surface area contributed by atoms with E-state index >= 15 is 0 Å². The van der Waals surface area contributed by atoms with Crippen LogP contribution in [0.5, 0.6) is 0 Å². The Bertz CT molecular complexity index is 236. The Kier molecular flexibility index (Phi) is 6.77. The van der Waals surface area contributed by atoms with Gasteiger partial charge < -0.3 is 24.8 Å². The van der Waals surface area contributed by atoms with Gasteiger partial charge in [0.2, 0.25) is 0 Å². The average molecular weight is 295 g/mol. The number of rotatable bonds is 0. The summed E-state index contributed by atoms with van der Waals surface area (Å²) in [6.07, 6.45) is 0. The standard InChI is InChI=1S/C10H15.2ClH.Y/c1-7-6-10(4,5)9(3)8(7)2;;;/h1-5H3;2*1H;/q;;;+2/p-2. The Morgan fingerprint density at radius 3 is 1.38 bits per heavy atom. The van der Waals surface area contributed by atoms with Crippen LogP contribution in [0.25, 0.3) is 0 Å². The molecule has 0 aromatic carbocycles. The molecular weight excluding hydrogens is 280 g/mol. The van der Waals surface area contributed by atoms with E-state index in [0.29, 0.717) is 5.41 Å². The number of halogens is 2. The fourth-order valence-electron chi connectivity index (χ4n) is 1.62. The van der Waals surface area contributed by atoms with E-state index in [1.807, 2.05) is 0 Å². The number of hydrogen-bond donors (Lipinski definition) is 0. The van der Waals surface area contributed by atoms with Gasteiger partial charge in [-0.2, -0.15) is 0 Å². The van der Waals surface area contributed by atoms with Crippen molar-refractivity contribution < 1.29 is 55.8 Å². The summed E-state index contributed by atoms with van der Waals surface area (Å²) < 4.78 is 1.66. The smallest absolute Gasteiger partial charge is 1.00 e. The van der Waals surface area contributed by atoms with Crippen molar-refractivity contribution in [3.05, 3.63) is 19.1 Å². The summed E-state index contributed by atoms with van der Waals surface area (Å²) in [7, 11) is 0. The largest absolute Gasteiger partial charge is 1.00 e. The van der Waals surface area contributed by atoms with E-state index in [2.05, 4.69) is 34.6 Å². The van der Waals surface area contributed by atoms with Gasteiger partial charge in [-0.25, -0.2) is 0 Å². The quantitative estimate of drug-likeness (QED) is 0.453. The molecule has 0 N–H and O–H groups in total. The van der Waals surface area contributed by atoms with E-state index in [1.165, 1.54) is 36.5 Å². The molecule has 0 amide bonds. The minimum atomic E-state index is 0. The molecule has 0 aliphatic heterocycles. The first-order valence-corrected chi connectivity index (χ1v) is 5.46. The van der Waals surface area contributed by atoms with Crippen LogP contribution in [0.15, 0.2) is 19.1 Å². The third-order valence-corrected chi connectivity index (χ3v) is 5.98. The zero-order valence-corrected chi connectivity index (χ0v) is 13.2. The molecule has 0 aromatic heterocycles. The zero-order valence-electron chi connectivity index (χ0n) is 8.83. The second kappa shape index (κ2) is 5.30. The van der Waals surface area contributed by atoms with Crippen LogP contribution in [0.2, 0.25) is 0 Å². The monoisotopic (exact) mass is 294 g/mol. The summed E-state index contributed by atoms with van der Waals surface area (Å²) in [5, 5.41) is 0. The third-order valence-electron chi connectivity index (χ3n) is 3.14. The summed E-state index contributed by atoms with van der Waals surface area (Å²) in [4.78, 5) is 0. The van der Waals surface area contributed by atoms with E-state index in [0.717, 1.165) is 0 Å². The van der Waals surface area contributed by atoms with Crippen molar-refractivity contribution >= 4 is 0 Å². The maximum absolute atomic E-state index is 2.34. The summed E-state index contributed by atoms with van der Waals surface area (Å²) in [6, 6.07) is 0. The Labute approximate surface area is 114 Å². The first-order valence-electron chi connectivity index (χ1n) is 4.04. The Morgan fingerprint density at radius 1 is 0.923 bits per heavy atom. The Hall–Kier alpha value is 1.16. The van der Waals surface area contributed by atoms with Crippen LogP contribution in [0.3, 0.4) is 0 Å². The maximum Gasteiger partial charge on any atom is -1.00 e. The fourth-order valence-corrected chi connectivity index (χ4v) is 2.69. The van der Waals surface area contributed by atoms with Gasteiger partial charge in [0.15, 0.2) is 0 Å². The molecular formula is C10H15Cl2Y. The van der Waals surface area contributed by atoms with Gasteiger partial charge in [-0.3, -0.25) is 0 Å². The molecule has 0 radical (unpaired) electrons. The summed E-state index contributed by atoms with van der Waals surface area (Å²) in [5.41, 5.74) is 5.02. The van der Waals surface area contributed by atoms with Gasteiger partial charge in [-0.1, -0.05) is 0 Å². The zero-order chi connectivity index (χ0) is 8.81. The molecule has 0 atom stereocenters. The van der Waals surface area contributed by atoms with Crippen LogP contribution < -0.4 is 24.8 Å². The van der Waals surface area contributed by atoms with Crippen molar-refractivity contribution in [1.29, 1.82) is 0 Å². The first kappa shape index (κ1) is 16.6. The summed E-state index contributed by atoms with van der Waals surface area (Å²) >= 11 is 1.28. The average Bonchev–Trinajstić information content (AvgIpc) is 2.06. The molecule has 1 aliphatic carbocycles. The topological polar surface area (TPSA) is 0 Å². The second-order valence-corrected chi connectivity index (χ2v) is 5.33. The van der Waals surface area contributed by atoms with Gasteiger partial charge in [0, 0.05) is 0 Å². The number of allylic oxidation sites excluding steroid dienone is 4. The van der Waals surface area contributed by atoms with E-state index < -0.39 is 0 Å². The van der Waals surface area contributed by atoms with Crippen LogP contribution in [0, 0.1) is 5.41 Å². The maximum atomic E-state index is 2.34. The third kappa shape index (κ3) is 2.59. The van der Waals surface area contributed by atoms with Crippen molar-refractivity contribution in [1.82, 2.24) is 0 Å². The molecule has 0 heterocycles. The van der Waals surface area contributed by atoms with E-state index in [1.54, 1.807) is 13.5 Å². The molecule has 0 fully saturated rings. The SMILES string of the molecule is CC1=C(C)C(C)(C)[C]([Y+2])=C1C.[Cl-].[Cl-]. The summed E-state index contributed by atoms with van der Waals surface area (Å²) in [6.45, 7) is 11.4. The minimum absolute atomic E-state index is 0. The Balaban J connectivity index is 0. The molecule has 0 saturated carbocycles. The number of hydrogen-bond acceptors (Lipinski definition) is 0. The van der Waals surface area contributed by atoms with E-state index in [-0.39, 0.29) is 24.8 Å². The van der Waals surface area contributed by atoms with Gasteiger partial charge >= 0.3 is 90.1 Å². The fraction of sp³-hybridized carbons (Fsp3) is 0.600. The van der Waals surface area contributed by atoms with Crippen molar-refractivity contribution in [3.8, 4) is 0 Å². The van der Waals surface area contributed by atoms with Crippen LogP contribution in [-0.2, 0) is 31.0 Å². The molecule has 0 saturated heterocycles. The molecule has 0 aromatic rings. The van der Waals surface area contributed by atoms with Crippen molar-refractivity contribution in [3.63, 3.8) is 0 Å². The van der Waals surface area contributed by atoms with Crippen molar-refractivity contribution in [2.45, 2.75) is 34.6 Å². The van der Waals surface area contributed by atoms with E-state index in [9.17, 15) is 0 Å². The summed E-state index contributed by atoms with van der Waals surface area (Å²) in [5.74, 6) is 0. The normalized spacial score (nSPS) is 19.9. The predicted molar refractivity (Wildman–Crippen MR) is 44.9 cm³/mol. The molecule has 72 valence electrons. The molecule has 13 heavy (non-hydrogen) atoms. The van der Waals surface area contributed by atoms with Crippen LogP contribution in [-0.4, -0.2) is 0 Å². The Morgan fingerprint density at radius 2 is 1.31 bits per heavy atom. The van der Waals surface area contributed by atoms with Gasteiger partial charge in [0.05, 0.1) is 0 Å². The molecule has 1 rings (SSSR count). The first-order chi connectivity index (χ1) is 4.89. The van der Waals surface area contributed by atoms with Gasteiger partial charge in [0.1, 0.15) is 0 Å². The molecule has 3 heteroatoms. The van der Waals surface area contributed by atoms with Crippen molar-refractivity contribution in [2.75, 3.05) is 0 Å². The van der Waals surface area contributed by atoms with Crippen LogP contribution >= 0.6 is 0 Å². The minimum Gasteiger partial charge on any atom is -1.00 e. The predicted octanol–water partition coefficient (Wildman–Crippen LogP) is -2.81. The molecule has 0 spiro atoms. The van der Waals surface area contributed by atoms with Gasteiger partial charge in [0.25, 0.3) is 0 Å². The molecule has 0 unspecified atom stereocenters.